The minimum absolute atomic E-state index is 0.208. The maximum atomic E-state index is 5.11. The summed E-state index contributed by atoms with van der Waals surface area (Å²) in [6.45, 7) is 0.679. The Morgan fingerprint density at radius 3 is 2.64 bits per heavy atom. The van der Waals surface area contributed by atoms with E-state index in [0.717, 1.165) is 5.69 Å². The van der Waals surface area contributed by atoms with Crippen LogP contribution >= 0.6 is 0 Å². The van der Waals surface area contributed by atoms with E-state index >= 15 is 0 Å². The Hall–Kier alpha value is -1.13. The number of likely N-dealkylation sites (N-methyl/N-ethyl adjacent to an activating group) is 1. The van der Waals surface area contributed by atoms with Gasteiger partial charge in [-0.05, 0) is 12.1 Å². The molecule has 0 aliphatic heterocycles. The van der Waals surface area contributed by atoms with Crippen LogP contribution in [0.25, 0.3) is 0 Å². The van der Waals surface area contributed by atoms with Gasteiger partial charge in [-0.25, -0.2) is 0 Å². The third-order valence-corrected chi connectivity index (χ3v) is 2.04. The van der Waals surface area contributed by atoms with E-state index in [1.54, 1.807) is 20.4 Å². The first kappa shape index (κ1) is 10.9. The summed E-state index contributed by atoms with van der Waals surface area (Å²) >= 11 is 0. The number of anilines is 1. The van der Waals surface area contributed by atoms with Gasteiger partial charge in [0.25, 0.3) is 0 Å². The van der Waals surface area contributed by atoms with Gasteiger partial charge < -0.3 is 14.4 Å². The molecule has 0 spiro atoms. The summed E-state index contributed by atoms with van der Waals surface area (Å²) in [7, 11) is 5.23. The monoisotopic (exact) mass is 196 g/mol. The highest BCUT2D eigenvalue weighted by Gasteiger charge is 2.09. The molecule has 0 aromatic carbocycles. The van der Waals surface area contributed by atoms with Crippen molar-refractivity contribution in [3.8, 4) is 0 Å². The lowest BCUT2D eigenvalue weighted by molar-refractivity contribution is -0.0944. The molecule has 0 unspecified atom stereocenters. The summed E-state index contributed by atoms with van der Waals surface area (Å²) < 4.78 is 10.2. The lowest BCUT2D eigenvalue weighted by Gasteiger charge is -2.23. The second-order valence-corrected chi connectivity index (χ2v) is 2.99. The fourth-order valence-electron chi connectivity index (χ4n) is 1.15. The van der Waals surface area contributed by atoms with E-state index in [2.05, 4.69) is 4.98 Å². The molecule has 0 N–H and O–H groups in total. The normalized spacial score (nSPS) is 10.6. The van der Waals surface area contributed by atoms with Crippen LogP contribution in [0.1, 0.15) is 0 Å². The molecule has 78 valence electrons. The topological polar surface area (TPSA) is 34.6 Å². The Morgan fingerprint density at radius 2 is 2.14 bits per heavy atom. The molecular weight excluding hydrogens is 180 g/mol. The second kappa shape index (κ2) is 5.57. The van der Waals surface area contributed by atoms with Crippen LogP contribution in [0.15, 0.2) is 24.5 Å². The minimum atomic E-state index is -0.208. The zero-order valence-electron chi connectivity index (χ0n) is 8.80. The van der Waals surface area contributed by atoms with Crippen LogP contribution in [0.5, 0.6) is 0 Å². The fraction of sp³-hybridized carbons (Fsp3) is 0.500. The van der Waals surface area contributed by atoms with Gasteiger partial charge in [-0.1, -0.05) is 0 Å². The number of hydrogen-bond donors (Lipinski definition) is 0. The average Bonchev–Trinajstić information content (AvgIpc) is 2.26. The smallest absolute Gasteiger partial charge is 0.174 e. The summed E-state index contributed by atoms with van der Waals surface area (Å²) in [5.41, 5.74) is 1.05. The Labute approximate surface area is 84.5 Å². The Kier molecular flexibility index (Phi) is 4.35. The lowest BCUT2D eigenvalue weighted by atomic mass is 10.4. The van der Waals surface area contributed by atoms with Crippen LogP contribution in [0, 0.1) is 0 Å². The highest BCUT2D eigenvalue weighted by Crippen LogP contribution is 2.10. The molecule has 0 bridgehead atoms. The predicted molar refractivity (Wildman–Crippen MR) is 55.3 cm³/mol. The van der Waals surface area contributed by atoms with E-state index in [1.807, 2.05) is 30.3 Å². The number of methoxy groups -OCH3 is 2. The van der Waals surface area contributed by atoms with E-state index < -0.39 is 0 Å². The summed E-state index contributed by atoms with van der Waals surface area (Å²) in [5.74, 6) is 0. The Balaban J connectivity index is 2.54. The van der Waals surface area contributed by atoms with Crippen molar-refractivity contribution >= 4 is 5.69 Å². The maximum absolute atomic E-state index is 5.11. The first-order valence-electron chi connectivity index (χ1n) is 4.44. The first-order chi connectivity index (χ1) is 6.77. The SMILES string of the molecule is COC(CN(C)c1cccnc1)OC. The lowest BCUT2D eigenvalue weighted by Crippen LogP contribution is -2.31. The minimum Gasteiger partial charge on any atom is -0.368 e. The van der Waals surface area contributed by atoms with E-state index in [0.29, 0.717) is 6.54 Å². The van der Waals surface area contributed by atoms with E-state index in [4.69, 9.17) is 9.47 Å². The molecule has 1 aromatic heterocycles. The molecule has 0 radical (unpaired) electrons. The second-order valence-electron chi connectivity index (χ2n) is 2.99. The number of pyridine rings is 1. The number of ether oxygens (including phenoxy) is 2. The largest absolute Gasteiger partial charge is 0.368 e. The molecule has 14 heavy (non-hydrogen) atoms. The molecule has 1 heterocycles. The van der Waals surface area contributed by atoms with Gasteiger partial charge in [-0.3, -0.25) is 4.98 Å². The summed E-state index contributed by atoms with van der Waals surface area (Å²) in [6, 6.07) is 3.90. The molecule has 1 aromatic rings. The van der Waals surface area contributed by atoms with Crippen molar-refractivity contribution in [1.29, 1.82) is 0 Å². The highest BCUT2D eigenvalue weighted by molar-refractivity contribution is 5.42. The predicted octanol–water partition coefficient (Wildman–Crippen LogP) is 1.14. The van der Waals surface area contributed by atoms with Crippen LogP contribution in [-0.4, -0.2) is 39.1 Å². The number of nitrogens with zero attached hydrogens (tertiary/aromatic N) is 2. The first-order valence-corrected chi connectivity index (χ1v) is 4.44. The number of aromatic nitrogens is 1. The molecule has 0 amide bonds. The van der Waals surface area contributed by atoms with Gasteiger partial charge in [-0.15, -0.1) is 0 Å². The highest BCUT2D eigenvalue weighted by atomic mass is 16.7. The quantitative estimate of drug-likeness (QED) is 0.661. The molecule has 0 aliphatic carbocycles. The summed E-state index contributed by atoms with van der Waals surface area (Å²) in [5, 5.41) is 0. The third-order valence-electron chi connectivity index (χ3n) is 2.04. The molecule has 0 saturated carbocycles. The molecule has 4 heteroatoms. The van der Waals surface area contributed by atoms with Gasteiger partial charge in [0, 0.05) is 27.5 Å². The van der Waals surface area contributed by atoms with Crippen LogP contribution in [0.4, 0.5) is 5.69 Å². The molecule has 4 nitrogen and oxygen atoms in total. The molecule has 0 atom stereocenters. The van der Waals surface area contributed by atoms with E-state index in [9.17, 15) is 0 Å². The standard InChI is InChI=1S/C10H16N2O2/c1-12(8-10(13-2)14-3)9-5-4-6-11-7-9/h4-7,10H,8H2,1-3H3. The van der Waals surface area contributed by atoms with Crippen molar-refractivity contribution in [2.45, 2.75) is 6.29 Å². The van der Waals surface area contributed by atoms with Gasteiger partial charge in [-0.2, -0.15) is 0 Å². The van der Waals surface area contributed by atoms with Crippen LogP contribution in [0.2, 0.25) is 0 Å². The molecule has 0 saturated heterocycles. The van der Waals surface area contributed by atoms with Gasteiger partial charge in [0.15, 0.2) is 6.29 Å². The number of hydrogen-bond acceptors (Lipinski definition) is 4. The van der Waals surface area contributed by atoms with Crippen LogP contribution in [0.3, 0.4) is 0 Å². The van der Waals surface area contributed by atoms with Crippen molar-refractivity contribution in [2.24, 2.45) is 0 Å². The molecule has 0 aliphatic rings. The Bertz CT molecular complexity index is 250. The van der Waals surface area contributed by atoms with Crippen LogP contribution < -0.4 is 4.90 Å². The maximum Gasteiger partial charge on any atom is 0.174 e. The van der Waals surface area contributed by atoms with Crippen molar-refractivity contribution in [3.63, 3.8) is 0 Å². The van der Waals surface area contributed by atoms with Crippen molar-refractivity contribution < 1.29 is 9.47 Å². The summed E-state index contributed by atoms with van der Waals surface area (Å²) in [6.07, 6.45) is 3.35. The third kappa shape index (κ3) is 2.97. The zero-order chi connectivity index (χ0) is 10.4. The zero-order valence-corrected chi connectivity index (χ0v) is 8.80. The van der Waals surface area contributed by atoms with E-state index in [1.165, 1.54) is 0 Å². The van der Waals surface area contributed by atoms with E-state index in [-0.39, 0.29) is 6.29 Å². The van der Waals surface area contributed by atoms with Crippen molar-refractivity contribution in [3.05, 3.63) is 24.5 Å². The fourth-order valence-corrected chi connectivity index (χ4v) is 1.15. The van der Waals surface area contributed by atoms with Gasteiger partial charge >= 0.3 is 0 Å². The summed E-state index contributed by atoms with van der Waals surface area (Å²) in [4.78, 5) is 6.07. The van der Waals surface area contributed by atoms with Crippen molar-refractivity contribution in [1.82, 2.24) is 4.98 Å². The molecule has 0 fully saturated rings. The van der Waals surface area contributed by atoms with Gasteiger partial charge in [0.05, 0.1) is 18.4 Å². The molecular formula is C10H16N2O2. The van der Waals surface area contributed by atoms with Gasteiger partial charge in [0.2, 0.25) is 0 Å². The Morgan fingerprint density at radius 1 is 1.43 bits per heavy atom. The van der Waals surface area contributed by atoms with Crippen molar-refractivity contribution in [2.75, 3.05) is 32.7 Å². The van der Waals surface area contributed by atoms with Crippen LogP contribution in [-0.2, 0) is 9.47 Å². The average molecular weight is 196 g/mol. The number of rotatable bonds is 5. The van der Waals surface area contributed by atoms with Gasteiger partial charge in [0.1, 0.15) is 0 Å². The molecule has 1 rings (SSSR count).